The fourth-order valence-electron chi connectivity index (χ4n) is 3.87. The van der Waals surface area contributed by atoms with Gasteiger partial charge in [-0.25, -0.2) is 0 Å². The Morgan fingerprint density at radius 2 is 1.77 bits per heavy atom. The van der Waals surface area contributed by atoms with Crippen molar-refractivity contribution >= 4 is 11.4 Å². The molecule has 0 spiro atoms. The summed E-state index contributed by atoms with van der Waals surface area (Å²) in [5, 5.41) is 11.2. The highest BCUT2D eigenvalue weighted by Gasteiger charge is 2.27. The summed E-state index contributed by atoms with van der Waals surface area (Å²) in [7, 11) is 2.19. The van der Waals surface area contributed by atoms with Crippen molar-refractivity contribution in [1.82, 2.24) is 9.80 Å². The Bertz CT molecular complexity index is 621. The highest BCUT2D eigenvalue weighted by Crippen LogP contribution is 2.33. The molecule has 0 aromatic heterocycles. The first-order valence-corrected chi connectivity index (χ1v) is 9.56. The van der Waals surface area contributed by atoms with Gasteiger partial charge in [-0.05, 0) is 39.8 Å². The van der Waals surface area contributed by atoms with Crippen molar-refractivity contribution in [3.63, 3.8) is 0 Å². The summed E-state index contributed by atoms with van der Waals surface area (Å²) in [5.41, 5.74) is 1.05. The lowest BCUT2D eigenvalue weighted by Crippen LogP contribution is -2.52. The smallest absolute Gasteiger partial charge is 0.311 e. The zero-order valence-electron chi connectivity index (χ0n) is 16.1. The van der Waals surface area contributed by atoms with Gasteiger partial charge < -0.3 is 14.5 Å². The van der Waals surface area contributed by atoms with Crippen LogP contribution in [0.25, 0.3) is 0 Å². The topological polar surface area (TPSA) is 62.1 Å². The van der Waals surface area contributed by atoms with E-state index in [1.54, 1.807) is 6.07 Å². The highest BCUT2D eigenvalue weighted by atomic mass is 16.6. The number of nitro groups is 1. The van der Waals surface area contributed by atoms with Gasteiger partial charge in [0.1, 0.15) is 0 Å². The van der Waals surface area contributed by atoms with E-state index in [1.807, 2.05) is 26.0 Å². The molecule has 2 saturated heterocycles. The third kappa shape index (κ3) is 4.45. The molecule has 0 aliphatic carbocycles. The Labute approximate surface area is 155 Å². The average Bonchev–Trinajstić information content (AvgIpc) is 2.62. The SMILES string of the molecule is CC(C)Oc1cc(N2CCC(N3CCN(C)CC3)CC2)ccc1[N+](=O)[O-]. The van der Waals surface area contributed by atoms with Crippen LogP contribution in [0.5, 0.6) is 5.75 Å². The molecular formula is C19H30N4O3. The Morgan fingerprint density at radius 3 is 2.35 bits per heavy atom. The number of nitro benzene ring substituents is 1. The number of anilines is 1. The molecular weight excluding hydrogens is 332 g/mol. The van der Waals surface area contributed by atoms with Crippen LogP contribution in [-0.4, -0.2) is 73.2 Å². The van der Waals surface area contributed by atoms with Crippen molar-refractivity contribution in [2.45, 2.75) is 38.8 Å². The summed E-state index contributed by atoms with van der Waals surface area (Å²) < 4.78 is 5.68. The van der Waals surface area contributed by atoms with Crippen molar-refractivity contribution in [3.05, 3.63) is 28.3 Å². The largest absolute Gasteiger partial charge is 0.484 e. The zero-order valence-corrected chi connectivity index (χ0v) is 16.1. The van der Waals surface area contributed by atoms with Crippen LogP contribution in [0.3, 0.4) is 0 Å². The van der Waals surface area contributed by atoms with Gasteiger partial charge in [-0.3, -0.25) is 15.0 Å². The first-order valence-electron chi connectivity index (χ1n) is 9.56. The number of rotatable bonds is 5. The van der Waals surface area contributed by atoms with Crippen LogP contribution in [0.15, 0.2) is 18.2 Å². The lowest BCUT2D eigenvalue weighted by Gasteiger charge is -2.42. The van der Waals surface area contributed by atoms with Crippen LogP contribution in [-0.2, 0) is 0 Å². The van der Waals surface area contributed by atoms with E-state index in [0.717, 1.165) is 57.8 Å². The van der Waals surface area contributed by atoms with E-state index in [1.165, 1.54) is 0 Å². The zero-order chi connectivity index (χ0) is 18.7. The standard InChI is InChI=1S/C19H30N4O3/c1-15(2)26-19-14-17(4-5-18(19)23(24)25)21-8-6-16(7-9-21)22-12-10-20(3)11-13-22/h4-5,14-16H,6-13H2,1-3H3. The quantitative estimate of drug-likeness (QED) is 0.593. The summed E-state index contributed by atoms with van der Waals surface area (Å²) in [4.78, 5) is 18.2. The minimum Gasteiger partial charge on any atom is -0.484 e. The molecule has 2 fully saturated rings. The Kier molecular flexibility index (Phi) is 5.98. The maximum Gasteiger partial charge on any atom is 0.311 e. The predicted molar refractivity (Wildman–Crippen MR) is 103 cm³/mol. The van der Waals surface area contributed by atoms with Gasteiger partial charge in [0.2, 0.25) is 0 Å². The Balaban J connectivity index is 1.64. The van der Waals surface area contributed by atoms with Crippen LogP contribution < -0.4 is 9.64 Å². The number of ether oxygens (including phenoxy) is 1. The van der Waals surface area contributed by atoms with Crippen molar-refractivity contribution in [2.75, 3.05) is 51.2 Å². The Hall–Kier alpha value is -1.86. The van der Waals surface area contributed by atoms with E-state index in [-0.39, 0.29) is 16.7 Å². The molecule has 7 nitrogen and oxygen atoms in total. The van der Waals surface area contributed by atoms with Crippen molar-refractivity contribution in [2.24, 2.45) is 0 Å². The summed E-state index contributed by atoms with van der Waals surface area (Å²) in [6.07, 6.45) is 2.19. The van der Waals surface area contributed by atoms with Gasteiger partial charge in [-0.2, -0.15) is 0 Å². The number of nitrogens with zero attached hydrogens (tertiary/aromatic N) is 4. The van der Waals surface area contributed by atoms with Crippen molar-refractivity contribution in [1.29, 1.82) is 0 Å². The molecule has 0 N–H and O–H groups in total. The van der Waals surface area contributed by atoms with Gasteiger partial charge >= 0.3 is 5.69 Å². The second-order valence-electron chi connectivity index (χ2n) is 7.63. The molecule has 3 rings (SSSR count). The normalized spacial score (nSPS) is 20.5. The van der Waals surface area contributed by atoms with Crippen molar-refractivity contribution < 1.29 is 9.66 Å². The first-order chi connectivity index (χ1) is 12.4. The number of piperidine rings is 1. The molecule has 0 saturated carbocycles. The van der Waals surface area contributed by atoms with Gasteiger partial charge in [0.05, 0.1) is 11.0 Å². The van der Waals surface area contributed by atoms with Crippen LogP contribution in [0, 0.1) is 10.1 Å². The summed E-state index contributed by atoms with van der Waals surface area (Å²) in [6, 6.07) is 5.90. The lowest BCUT2D eigenvalue weighted by molar-refractivity contribution is -0.386. The van der Waals surface area contributed by atoms with Crippen LogP contribution in [0.1, 0.15) is 26.7 Å². The van der Waals surface area contributed by atoms with E-state index in [4.69, 9.17) is 4.74 Å². The minimum absolute atomic E-state index is 0.0368. The van der Waals surface area contributed by atoms with E-state index in [0.29, 0.717) is 11.8 Å². The third-order valence-corrected chi connectivity index (χ3v) is 5.39. The maximum atomic E-state index is 11.2. The molecule has 7 heteroatoms. The fraction of sp³-hybridized carbons (Fsp3) is 0.684. The number of benzene rings is 1. The van der Waals surface area contributed by atoms with Gasteiger partial charge in [0, 0.05) is 63.1 Å². The van der Waals surface area contributed by atoms with Crippen LogP contribution >= 0.6 is 0 Å². The minimum atomic E-state index is -0.374. The fourth-order valence-corrected chi connectivity index (χ4v) is 3.87. The van der Waals surface area contributed by atoms with E-state index < -0.39 is 0 Å². The van der Waals surface area contributed by atoms with Gasteiger partial charge in [-0.15, -0.1) is 0 Å². The second-order valence-corrected chi connectivity index (χ2v) is 7.63. The molecule has 26 heavy (non-hydrogen) atoms. The van der Waals surface area contributed by atoms with E-state index in [2.05, 4.69) is 21.7 Å². The lowest BCUT2D eigenvalue weighted by atomic mass is 10.0. The molecule has 0 bridgehead atoms. The number of hydrogen-bond acceptors (Lipinski definition) is 6. The molecule has 0 atom stereocenters. The summed E-state index contributed by atoms with van der Waals surface area (Å²) >= 11 is 0. The second kappa shape index (κ2) is 8.22. The molecule has 1 aromatic carbocycles. The number of piperazine rings is 1. The van der Waals surface area contributed by atoms with Gasteiger partial charge in [-0.1, -0.05) is 0 Å². The van der Waals surface area contributed by atoms with Gasteiger partial charge in [0.15, 0.2) is 5.75 Å². The van der Waals surface area contributed by atoms with Crippen LogP contribution in [0.4, 0.5) is 11.4 Å². The average molecular weight is 362 g/mol. The summed E-state index contributed by atoms with van der Waals surface area (Å²) in [6.45, 7) is 10.4. The molecule has 2 heterocycles. The molecule has 0 unspecified atom stereocenters. The number of likely N-dealkylation sites (N-methyl/N-ethyl adjacent to an activating group) is 1. The van der Waals surface area contributed by atoms with E-state index >= 15 is 0 Å². The molecule has 1 aromatic rings. The van der Waals surface area contributed by atoms with Crippen LogP contribution in [0.2, 0.25) is 0 Å². The third-order valence-electron chi connectivity index (χ3n) is 5.39. The summed E-state index contributed by atoms with van der Waals surface area (Å²) in [5.74, 6) is 0.365. The van der Waals surface area contributed by atoms with Gasteiger partial charge in [0.25, 0.3) is 0 Å². The molecule has 0 radical (unpaired) electrons. The molecule has 2 aliphatic heterocycles. The first kappa shape index (κ1) is 18.9. The van der Waals surface area contributed by atoms with E-state index in [9.17, 15) is 10.1 Å². The Morgan fingerprint density at radius 1 is 1.12 bits per heavy atom. The molecule has 0 amide bonds. The molecule has 144 valence electrons. The monoisotopic (exact) mass is 362 g/mol. The van der Waals surface area contributed by atoms with Crippen molar-refractivity contribution in [3.8, 4) is 5.75 Å². The highest BCUT2D eigenvalue weighted by molar-refractivity contribution is 5.59. The predicted octanol–water partition coefficient (Wildman–Crippen LogP) is 2.60. The number of hydrogen-bond donors (Lipinski definition) is 0. The maximum absolute atomic E-state index is 11.2. The molecule has 2 aliphatic rings.